The molecule has 1 aromatic carbocycles. The maximum Gasteiger partial charge on any atom is 0.213 e. The molecule has 7 nitrogen and oxygen atoms in total. The molecule has 150 valence electrons. The van der Waals surface area contributed by atoms with E-state index in [1.807, 2.05) is 18.2 Å². The minimum Gasteiger partial charge on any atom is -0.493 e. The lowest BCUT2D eigenvalue weighted by Gasteiger charge is -2.23. The molecule has 1 rings (SSSR count). The first-order chi connectivity index (χ1) is 12.3. The van der Waals surface area contributed by atoms with Crippen molar-refractivity contribution >= 4 is 10.0 Å². The molecule has 1 aromatic rings. The highest BCUT2D eigenvalue weighted by Crippen LogP contribution is 2.33. The molecule has 0 aliphatic rings. The number of sulfonamides is 1. The number of nitrogens with one attached hydrogen (secondary N) is 1. The van der Waals surface area contributed by atoms with E-state index >= 15 is 0 Å². The third kappa shape index (κ3) is 7.49. The molecule has 0 aromatic heterocycles. The van der Waals surface area contributed by atoms with Crippen LogP contribution in [0.3, 0.4) is 0 Å². The van der Waals surface area contributed by atoms with E-state index in [4.69, 9.17) is 18.9 Å². The Kier molecular flexibility index (Phi) is 9.93. The lowest BCUT2D eigenvalue weighted by molar-refractivity contribution is 0.0784. The topological polar surface area (TPSA) is 83.1 Å². The van der Waals surface area contributed by atoms with Gasteiger partial charge in [0, 0.05) is 13.7 Å². The highest BCUT2D eigenvalue weighted by molar-refractivity contribution is 7.89. The average Bonchev–Trinajstić information content (AvgIpc) is 2.61. The third-order valence-corrected chi connectivity index (χ3v) is 5.40. The van der Waals surface area contributed by atoms with Crippen molar-refractivity contribution in [3.05, 3.63) is 23.8 Å². The number of benzene rings is 1. The molecule has 0 radical (unpaired) electrons. The van der Waals surface area contributed by atoms with Crippen molar-refractivity contribution in [3.8, 4) is 11.5 Å². The molecule has 26 heavy (non-hydrogen) atoms. The largest absolute Gasteiger partial charge is 0.493 e. The highest BCUT2D eigenvalue weighted by Gasteiger charge is 2.21. The van der Waals surface area contributed by atoms with Gasteiger partial charge in [-0.15, -0.1) is 0 Å². The molecule has 0 fully saturated rings. The van der Waals surface area contributed by atoms with Crippen LogP contribution in [0.25, 0.3) is 0 Å². The summed E-state index contributed by atoms with van der Waals surface area (Å²) in [5.41, 5.74) is 0.997. The third-order valence-electron chi connectivity index (χ3n) is 4.09. The quantitative estimate of drug-likeness (QED) is 0.520. The molecule has 0 heterocycles. The predicted molar refractivity (Wildman–Crippen MR) is 102 cm³/mol. The molecule has 0 saturated carbocycles. The molecule has 1 unspecified atom stereocenters. The zero-order valence-corrected chi connectivity index (χ0v) is 17.1. The second-order valence-corrected chi connectivity index (χ2v) is 8.16. The number of hydrogen-bond donors (Lipinski definition) is 1. The minimum absolute atomic E-state index is 0.0130. The normalized spacial score (nSPS) is 13.0. The first kappa shape index (κ1) is 22.7. The summed E-state index contributed by atoms with van der Waals surface area (Å²) in [6.07, 6.45) is 0. The van der Waals surface area contributed by atoms with Crippen LogP contribution in [0.5, 0.6) is 11.5 Å². The number of hydrogen-bond acceptors (Lipinski definition) is 6. The van der Waals surface area contributed by atoms with E-state index < -0.39 is 10.0 Å². The zero-order valence-electron chi connectivity index (χ0n) is 16.3. The molecular weight excluding hydrogens is 358 g/mol. The standard InChI is InChI=1S/C18H31NO6S/c1-14(2)16(15-6-7-17(23-4)18(12-15)24-5)13-19-26(20,21)11-10-25-9-8-22-3/h6-7,12,14,16,19H,8-11,13H2,1-5H3. The average molecular weight is 390 g/mol. The summed E-state index contributed by atoms with van der Waals surface area (Å²) in [7, 11) is 1.33. The smallest absolute Gasteiger partial charge is 0.213 e. The van der Waals surface area contributed by atoms with Gasteiger partial charge in [-0.3, -0.25) is 0 Å². The Morgan fingerprint density at radius 1 is 1.00 bits per heavy atom. The highest BCUT2D eigenvalue weighted by atomic mass is 32.2. The van der Waals surface area contributed by atoms with Crippen molar-refractivity contribution in [3.63, 3.8) is 0 Å². The molecule has 1 N–H and O–H groups in total. The van der Waals surface area contributed by atoms with Gasteiger partial charge in [-0.2, -0.15) is 0 Å². The number of ether oxygens (including phenoxy) is 4. The summed E-state index contributed by atoms with van der Waals surface area (Å²) in [6.45, 7) is 5.40. The fourth-order valence-electron chi connectivity index (χ4n) is 2.52. The van der Waals surface area contributed by atoms with Crippen LogP contribution in [0, 0.1) is 5.92 Å². The minimum atomic E-state index is -3.41. The summed E-state index contributed by atoms with van der Waals surface area (Å²) in [5.74, 6) is 1.46. The van der Waals surface area contributed by atoms with Gasteiger partial charge in [-0.25, -0.2) is 13.1 Å². The maximum atomic E-state index is 12.2. The van der Waals surface area contributed by atoms with Crippen molar-refractivity contribution in [2.75, 3.05) is 53.4 Å². The Morgan fingerprint density at radius 3 is 2.27 bits per heavy atom. The molecule has 8 heteroatoms. The Labute approximate surface area is 157 Å². The van der Waals surface area contributed by atoms with Gasteiger partial charge in [0.2, 0.25) is 10.0 Å². The van der Waals surface area contributed by atoms with Gasteiger partial charge < -0.3 is 18.9 Å². The van der Waals surface area contributed by atoms with Gasteiger partial charge >= 0.3 is 0 Å². The summed E-state index contributed by atoms with van der Waals surface area (Å²) >= 11 is 0. The number of methoxy groups -OCH3 is 3. The maximum absolute atomic E-state index is 12.2. The molecule has 0 saturated heterocycles. The van der Waals surface area contributed by atoms with Crippen LogP contribution in [0.1, 0.15) is 25.3 Å². The summed E-state index contributed by atoms with van der Waals surface area (Å²) < 4.78 is 47.7. The van der Waals surface area contributed by atoms with E-state index in [-0.39, 0.29) is 24.2 Å². The van der Waals surface area contributed by atoms with Crippen LogP contribution in [0.15, 0.2) is 18.2 Å². The summed E-state index contributed by atoms with van der Waals surface area (Å²) in [4.78, 5) is 0. The van der Waals surface area contributed by atoms with Gasteiger partial charge in [0.05, 0.1) is 39.8 Å². The summed E-state index contributed by atoms with van der Waals surface area (Å²) in [5, 5.41) is 0. The molecule has 0 aliphatic heterocycles. The van der Waals surface area contributed by atoms with Gasteiger partial charge in [0.25, 0.3) is 0 Å². The molecule has 0 aliphatic carbocycles. The Bertz CT molecular complexity index is 633. The van der Waals surface area contributed by atoms with Crippen molar-refractivity contribution in [2.45, 2.75) is 19.8 Å². The van der Waals surface area contributed by atoms with E-state index in [1.54, 1.807) is 21.3 Å². The van der Waals surface area contributed by atoms with Crippen molar-refractivity contribution in [1.82, 2.24) is 4.72 Å². The van der Waals surface area contributed by atoms with Crippen LogP contribution in [0.4, 0.5) is 0 Å². The molecule has 0 amide bonds. The Morgan fingerprint density at radius 2 is 1.69 bits per heavy atom. The van der Waals surface area contributed by atoms with Crippen LogP contribution >= 0.6 is 0 Å². The monoisotopic (exact) mass is 389 g/mol. The van der Waals surface area contributed by atoms with Crippen molar-refractivity contribution in [2.24, 2.45) is 5.92 Å². The first-order valence-electron chi connectivity index (χ1n) is 8.60. The first-order valence-corrected chi connectivity index (χ1v) is 10.3. The Balaban J connectivity index is 2.71. The van der Waals surface area contributed by atoms with Crippen molar-refractivity contribution in [1.29, 1.82) is 0 Å². The Hall–Kier alpha value is -1.35. The van der Waals surface area contributed by atoms with E-state index in [0.29, 0.717) is 31.3 Å². The molecular formula is C18H31NO6S. The second kappa shape index (κ2) is 11.4. The van der Waals surface area contributed by atoms with Crippen LogP contribution < -0.4 is 14.2 Å². The predicted octanol–water partition coefficient (Wildman–Crippen LogP) is 2.03. The van der Waals surface area contributed by atoms with Crippen LogP contribution in [-0.2, 0) is 19.5 Å². The fraction of sp³-hybridized carbons (Fsp3) is 0.667. The van der Waals surface area contributed by atoms with Gasteiger partial charge in [-0.1, -0.05) is 19.9 Å². The number of rotatable bonds is 13. The van der Waals surface area contributed by atoms with E-state index in [1.165, 1.54) is 0 Å². The van der Waals surface area contributed by atoms with Crippen molar-refractivity contribution < 1.29 is 27.4 Å². The van der Waals surface area contributed by atoms with E-state index in [0.717, 1.165) is 5.56 Å². The van der Waals surface area contributed by atoms with Crippen LogP contribution in [-0.4, -0.2) is 61.9 Å². The molecule has 0 bridgehead atoms. The molecule has 0 spiro atoms. The van der Waals surface area contributed by atoms with Gasteiger partial charge in [-0.05, 0) is 29.5 Å². The molecule has 1 atom stereocenters. The fourth-order valence-corrected chi connectivity index (χ4v) is 3.44. The van der Waals surface area contributed by atoms with Crippen LogP contribution in [0.2, 0.25) is 0 Å². The summed E-state index contributed by atoms with van der Waals surface area (Å²) in [6, 6.07) is 5.67. The van der Waals surface area contributed by atoms with E-state index in [9.17, 15) is 8.42 Å². The van der Waals surface area contributed by atoms with E-state index in [2.05, 4.69) is 18.6 Å². The van der Waals surface area contributed by atoms with Gasteiger partial charge in [0.15, 0.2) is 11.5 Å². The van der Waals surface area contributed by atoms with Gasteiger partial charge in [0.1, 0.15) is 0 Å². The lowest BCUT2D eigenvalue weighted by Crippen LogP contribution is -2.33. The zero-order chi connectivity index (χ0) is 19.6. The second-order valence-electron chi connectivity index (χ2n) is 6.24. The lowest BCUT2D eigenvalue weighted by atomic mass is 9.88. The SMILES string of the molecule is COCCOCCS(=O)(=O)NCC(c1ccc(OC)c(OC)c1)C(C)C.